The van der Waals surface area contributed by atoms with Gasteiger partial charge in [0.05, 0.1) is 24.5 Å². The molecule has 0 saturated carbocycles. The third-order valence-electron chi connectivity index (χ3n) is 3.95. The zero-order chi connectivity index (χ0) is 15.6. The van der Waals surface area contributed by atoms with Gasteiger partial charge in [0.15, 0.2) is 0 Å². The first-order chi connectivity index (χ1) is 11.3. The predicted octanol–water partition coefficient (Wildman–Crippen LogP) is 3.38. The maximum Gasteiger partial charge on any atom is 0.292 e. The third kappa shape index (κ3) is 2.70. The first kappa shape index (κ1) is 14.3. The first-order valence-electron chi connectivity index (χ1n) is 7.67. The van der Waals surface area contributed by atoms with Gasteiger partial charge in [0.25, 0.3) is 6.02 Å². The van der Waals surface area contributed by atoms with E-state index in [2.05, 4.69) is 22.0 Å². The lowest BCUT2D eigenvalue weighted by Crippen LogP contribution is -2.33. The summed E-state index contributed by atoms with van der Waals surface area (Å²) in [6.45, 7) is 2.77. The number of benzene rings is 2. The van der Waals surface area contributed by atoms with Gasteiger partial charge >= 0.3 is 0 Å². The number of halogens is 1. The number of benzodiazepines with no additional fused rings is 1. The van der Waals surface area contributed by atoms with Gasteiger partial charge in [0.2, 0.25) is 0 Å². The number of anilines is 1. The molecule has 0 radical (unpaired) electrons. The SMILES string of the molecule is Clc1ccc2c(c1)C(c1ccccc1)=NCCN2C1=NCCO1. The average Bonchev–Trinajstić information content (AvgIpc) is 3.04. The number of amidine groups is 1. The maximum atomic E-state index is 6.26. The lowest BCUT2D eigenvalue weighted by atomic mass is 10.0. The molecular weight excluding hydrogens is 310 g/mol. The number of hydrogen-bond acceptors (Lipinski definition) is 4. The summed E-state index contributed by atoms with van der Waals surface area (Å²) in [5.41, 5.74) is 4.10. The Kier molecular flexibility index (Phi) is 3.75. The van der Waals surface area contributed by atoms with E-state index in [1.165, 1.54) is 0 Å². The van der Waals surface area contributed by atoms with Gasteiger partial charge in [-0.1, -0.05) is 41.9 Å². The van der Waals surface area contributed by atoms with Crippen molar-refractivity contribution >= 4 is 29.0 Å². The molecule has 2 heterocycles. The molecule has 0 N–H and O–H groups in total. The Balaban J connectivity index is 1.85. The zero-order valence-corrected chi connectivity index (χ0v) is 13.3. The fourth-order valence-electron chi connectivity index (χ4n) is 2.93. The summed E-state index contributed by atoms with van der Waals surface area (Å²) in [4.78, 5) is 11.4. The number of rotatable bonds is 1. The normalized spacial score (nSPS) is 17.0. The molecule has 4 rings (SSSR count). The van der Waals surface area contributed by atoms with Crippen LogP contribution in [0.5, 0.6) is 0 Å². The van der Waals surface area contributed by atoms with Gasteiger partial charge in [-0.25, -0.2) is 4.99 Å². The lowest BCUT2D eigenvalue weighted by molar-refractivity contribution is 0.339. The van der Waals surface area contributed by atoms with Crippen molar-refractivity contribution in [1.29, 1.82) is 0 Å². The summed E-state index contributed by atoms with van der Waals surface area (Å²) in [7, 11) is 0. The van der Waals surface area contributed by atoms with E-state index in [9.17, 15) is 0 Å². The van der Waals surface area contributed by atoms with Gasteiger partial charge < -0.3 is 4.74 Å². The smallest absolute Gasteiger partial charge is 0.292 e. The summed E-state index contributed by atoms with van der Waals surface area (Å²) in [5, 5.41) is 0.698. The van der Waals surface area contributed by atoms with E-state index in [1.54, 1.807) is 0 Å². The molecule has 23 heavy (non-hydrogen) atoms. The maximum absolute atomic E-state index is 6.26. The average molecular weight is 326 g/mol. The molecule has 0 atom stereocenters. The molecule has 2 aliphatic heterocycles. The van der Waals surface area contributed by atoms with Crippen molar-refractivity contribution in [1.82, 2.24) is 0 Å². The van der Waals surface area contributed by atoms with E-state index >= 15 is 0 Å². The quantitative estimate of drug-likeness (QED) is 0.806. The highest BCUT2D eigenvalue weighted by molar-refractivity contribution is 6.31. The number of aliphatic imine (C=N–C) groups is 2. The minimum absolute atomic E-state index is 0.640. The van der Waals surface area contributed by atoms with Gasteiger partial charge in [-0.15, -0.1) is 0 Å². The molecule has 0 unspecified atom stereocenters. The molecule has 2 aliphatic rings. The van der Waals surface area contributed by atoms with Crippen LogP contribution in [0.2, 0.25) is 5.02 Å². The van der Waals surface area contributed by atoms with Crippen LogP contribution in [0, 0.1) is 0 Å². The van der Waals surface area contributed by atoms with Crippen molar-refractivity contribution in [3.8, 4) is 0 Å². The number of ether oxygens (including phenoxy) is 1. The van der Waals surface area contributed by atoms with Crippen molar-refractivity contribution in [2.24, 2.45) is 9.98 Å². The van der Waals surface area contributed by atoms with Crippen LogP contribution < -0.4 is 4.90 Å². The standard InChI is InChI=1S/C18H16ClN3O/c19-14-6-7-16-15(12-14)17(13-4-2-1-3-5-13)20-8-10-22(16)18-21-9-11-23-18/h1-7,12H,8-11H2. The van der Waals surface area contributed by atoms with Crippen molar-refractivity contribution < 1.29 is 4.74 Å². The second-order valence-corrected chi connectivity index (χ2v) is 5.86. The van der Waals surface area contributed by atoms with Crippen molar-refractivity contribution in [2.45, 2.75) is 0 Å². The van der Waals surface area contributed by atoms with E-state index < -0.39 is 0 Å². The van der Waals surface area contributed by atoms with Gasteiger partial charge in [-0.05, 0) is 18.2 Å². The minimum Gasteiger partial charge on any atom is -0.463 e. The summed E-state index contributed by atoms with van der Waals surface area (Å²) < 4.78 is 5.67. The number of fused-ring (bicyclic) bond motifs is 1. The highest BCUT2D eigenvalue weighted by Gasteiger charge is 2.25. The van der Waals surface area contributed by atoms with Crippen LogP contribution in [0.1, 0.15) is 11.1 Å². The van der Waals surface area contributed by atoms with Gasteiger partial charge in [0, 0.05) is 22.7 Å². The molecule has 0 saturated heterocycles. The van der Waals surface area contributed by atoms with E-state index in [-0.39, 0.29) is 0 Å². The van der Waals surface area contributed by atoms with Crippen LogP contribution in [0.15, 0.2) is 58.5 Å². The Bertz CT molecular complexity index is 786. The highest BCUT2D eigenvalue weighted by atomic mass is 35.5. The topological polar surface area (TPSA) is 37.2 Å². The van der Waals surface area contributed by atoms with Gasteiger partial charge in [-0.2, -0.15) is 0 Å². The van der Waals surface area contributed by atoms with Gasteiger partial charge in [0.1, 0.15) is 6.61 Å². The molecule has 2 aromatic rings. The van der Waals surface area contributed by atoms with E-state index in [1.807, 2.05) is 36.4 Å². The Morgan fingerprint density at radius 2 is 1.87 bits per heavy atom. The second kappa shape index (κ2) is 6.05. The molecule has 0 amide bonds. The fourth-order valence-corrected chi connectivity index (χ4v) is 3.10. The molecule has 0 spiro atoms. The summed E-state index contributed by atoms with van der Waals surface area (Å²) in [5.74, 6) is 0. The Hall–Kier alpha value is -2.33. The molecular formula is C18H16ClN3O. The molecule has 0 fully saturated rings. The van der Waals surface area contributed by atoms with Crippen LogP contribution in [0.25, 0.3) is 0 Å². The summed E-state index contributed by atoms with van der Waals surface area (Å²) in [6, 6.07) is 16.8. The fraction of sp³-hybridized carbons (Fsp3) is 0.222. The van der Waals surface area contributed by atoms with Gasteiger partial charge in [-0.3, -0.25) is 9.89 Å². The predicted molar refractivity (Wildman–Crippen MR) is 94.0 cm³/mol. The minimum atomic E-state index is 0.640. The van der Waals surface area contributed by atoms with Crippen LogP contribution in [-0.4, -0.2) is 38.0 Å². The van der Waals surface area contributed by atoms with Crippen LogP contribution >= 0.6 is 11.6 Å². The lowest BCUT2D eigenvalue weighted by Gasteiger charge is -2.23. The molecule has 2 aromatic carbocycles. The largest absolute Gasteiger partial charge is 0.463 e. The van der Waals surface area contributed by atoms with E-state index in [0.29, 0.717) is 30.7 Å². The third-order valence-corrected chi connectivity index (χ3v) is 4.18. The second-order valence-electron chi connectivity index (χ2n) is 5.42. The van der Waals surface area contributed by atoms with Crippen molar-refractivity contribution in [2.75, 3.05) is 31.1 Å². The Morgan fingerprint density at radius 3 is 2.65 bits per heavy atom. The summed E-state index contributed by atoms with van der Waals surface area (Å²) >= 11 is 6.26. The Morgan fingerprint density at radius 1 is 1.00 bits per heavy atom. The molecule has 4 nitrogen and oxygen atoms in total. The highest BCUT2D eigenvalue weighted by Crippen LogP contribution is 2.30. The van der Waals surface area contributed by atoms with Crippen LogP contribution in [0.4, 0.5) is 5.69 Å². The van der Waals surface area contributed by atoms with Crippen LogP contribution in [-0.2, 0) is 4.74 Å². The molecule has 0 aromatic heterocycles. The number of nitrogens with zero attached hydrogens (tertiary/aromatic N) is 3. The molecule has 5 heteroatoms. The Labute approximate surface area is 140 Å². The summed E-state index contributed by atoms with van der Waals surface area (Å²) in [6.07, 6.45) is 0. The van der Waals surface area contributed by atoms with E-state index in [0.717, 1.165) is 29.1 Å². The zero-order valence-electron chi connectivity index (χ0n) is 12.6. The monoisotopic (exact) mass is 325 g/mol. The first-order valence-corrected chi connectivity index (χ1v) is 8.05. The van der Waals surface area contributed by atoms with E-state index in [4.69, 9.17) is 21.3 Å². The van der Waals surface area contributed by atoms with Crippen molar-refractivity contribution in [3.63, 3.8) is 0 Å². The number of hydrogen-bond donors (Lipinski definition) is 0. The van der Waals surface area contributed by atoms with Crippen molar-refractivity contribution in [3.05, 3.63) is 64.7 Å². The van der Waals surface area contributed by atoms with Crippen LogP contribution in [0.3, 0.4) is 0 Å². The molecule has 0 bridgehead atoms. The molecule has 0 aliphatic carbocycles. The molecule has 116 valence electrons.